The highest BCUT2D eigenvalue weighted by Gasteiger charge is 2.30. The summed E-state index contributed by atoms with van der Waals surface area (Å²) < 4.78 is 45.8. The van der Waals surface area contributed by atoms with Crippen molar-refractivity contribution in [1.82, 2.24) is 15.5 Å². The van der Waals surface area contributed by atoms with Gasteiger partial charge in [-0.25, -0.2) is 0 Å². The molecule has 6 nitrogen and oxygen atoms in total. The number of benzene rings is 1. The summed E-state index contributed by atoms with van der Waals surface area (Å²) in [6.07, 6.45) is -4.01. The van der Waals surface area contributed by atoms with Gasteiger partial charge in [-0.1, -0.05) is 12.1 Å². The lowest BCUT2D eigenvalue weighted by molar-refractivity contribution is -0.274. The third kappa shape index (κ3) is 10.4. The molecular weight excluding hydrogens is 500 g/mol. The number of halogens is 4. The second-order valence-electron chi connectivity index (χ2n) is 6.59. The Kier molecular flexibility index (Phi) is 11.7. The van der Waals surface area contributed by atoms with E-state index in [0.29, 0.717) is 25.6 Å². The minimum absolute atomic E-state index is 0. The van der Waals surface area contributed by atoms with Crippen LogP contribution in [0.1, 0.15) is 19.4 Å². The summed E-state index contributed by atoms with van der Waals surface area (Å²) in [5.41, 5.74) is 0.916. The Hall–Kier alpha value is -1.27. The van der Waals surface area contributed by atoms with Crippen LogP contribution in [0, 0.1) is 0 Å². The van der Waals surface area contributed by atoms with Crippen LogP contribution in [0.15, 0.2) is 29.3 Å². The number of alkyl halides is 3. The summed E-state index contributed by atoms with van der Waals surface area (Å²) in [7, 11) is 0. The second kappa shape index (κ2) is 13.1. The highest BCUT2D eigenvalue weighted by molar-refractivity contribution is 14.0. The molecule has 0 spiro atoms. The van der Waals surface area contributed by atoms with Crippen LogP contribution in [0.2, 0.25) is 0 Å². The van der Waals surface area contributed by atoms with Crippen molar-refractivity contribution in [3.63, 3.8) is 0 Å². The number of nitrogens with one attached hydrogen (secondary N) is 2. The van der Waals surface area contributed by atoms with Gasteiger partial charge in [-0.05, 0) is 38.0 Å². The van der Waals surface area contributed by atoms with Gasteiger partial charge in [-0.3, -0.25) is 9.89 Å². The Morgan fingerprint density at radius 2 is 1.86 bits per heavy atom. The maximum atomic E-state index is 12.2. The van der Waals surface area contributed by atoms with Crippen molar-refractivity contribution in [2.24, 2.45) is 4.99 Å². The van der Waals surface area contributed by atoms with E-state index in [1.807, 2.05) is 6.92 Å². The van der Waals surface area contributed by atoms with Gasteiger partial charge in [-0.2, -0.15) is 0 Å². The van der Waals surface area contributed by atoms with E-state index in [0.717, 1.165) is 44.4 Å². The molecule has 166 valence electrons. The highest BCUT2D eigenvalue weighted by atomic mass is 127. The molecule has 2 rings (SSSR count). The molecule has 0 aliphatic carbocycles. The Morgan fingerprint density at radius 1 is 1.21 bits per heavy atom. The molecule has 0 aromatic heterocycles. The molecule has 1 aromatic carbocycles. The number of rotatable bonds is 8. The van der Waals surface area contributed by atoms with Crippen molar-refractivity contribution < 1.29 is 22.6 Å². The van der Waals surface area contributed by atoms with E-state index >= 15 is 0 Å². The summed E-state index contributed by atoms with van der Waals surface area (Å²) in [5, 5.41) is 6.48. The number of ether oxygens (including phenoxy) is 2. The number of hydrogen-bond acceptors (Lipinski definition) is 4. The molecule has 0 amide bonds. The van der Waals surface area contributed by atoms with Crippen molar-refractivity contribution in [3.8, 4) is 5.75 Å². The number of morpholine rings is 1. The third-order valence-corrected chi connectivity index (χ3v) is 4.39. The maximum Gasteiger partial charge on any atom is 0.573 e. The summed E-state index contributed by atoms with van der Waals surface area (Å²) >= 11 is 0. The molecule has 29 heavy (non-hydrogen) atoms. The monoisotopic (exact) mass is 530 g/mol. The van der Waals surface area contributed by atoms with Crippen LogP contribution in [0.3, 0.4) is 0 Å². The van der Waals surface area contributed by atoms with E-state index in [-0.39, 0.29) is 29.7 Å². The molecule has 0 saturated carbocycles. The van der Waals surface area contributed by atoms with E-state index < -0.39 is 6.36 Å². The highest BCUT2D eigenvalue weighted by Crippen LogP contribution is 2.22. The predicted octanol–water partition coefficient (Wildman–Crippen LogP) is 3.02. The summed E-state index contributed by atoms with van der Waals surface area (Å²) in [6, 6.07) is 6.25. The number of nitrogens with zero attached hydrogens (tertiary/aromatic N) is 2. The van der Waals surface area contributed by atoms with Gasteiger partial charge in [0.15, 0.2) is 5.96 Å². The molecule has 0 bridgehead atoms. The Morgan fingerprint density at radius 3 is 2.45 bits per heavy atom. The summed E-state index contributed by atoms with van der Waals surface area (Å²) in [6.45, 7) is 9.59. The summed E-state index contributed by atoms with van der Waals surface area (Å²) in [4.78, 5) is 7.00. The average Bonchev–Trinajstić information content (AvgIpc) is 2.66. The average molecular weight is 530 g/mol. The third-order valence-electron chi connectivity index (χ3n) is 4.39. The van der Waals surface area contributed by atoms with Crippen molar-refractivity contribution in [2.45, 2.75) is 32.7 Å². The van der Waals surface area contributed by atoms with E-state index in [4.69, 9.17) is 4.74 Å². The molecule has 0 radical (unpaired) electrons. The van der Waals surface area contributed by atoms with Crippen LogP contribution in [0.5, 0.6) is 5.75 Å². The lowest BCUT2D eigenvalue weighted by Gasteiger charge is -2.31. The SMILES string of the molecule is CCNC(=NCC(C)N1CCOCC1)NCCc1ccc(OC(F)(F)F)cc1.I. The molecule has 1 aliphatic rings. The molecule has 2 N–H and O–H groups in total. The zero-order chi connectivity index (χ0) is 20.4. The molecule has 1 unspecified atom stereocenters. The minimum Gasteiger partial charge on any atom is -0.406 e. The quantitative estimate of drug-likeness (QED) is 0.308. The first-order valence-electron chi connectivity index (χ1n) is 9.56. The van der Waals surface area contributed by atoms with Gasteiger partial charge in [0.05, 0.1) is 19.8 Å². The largest absolute Gasteiger partial charge is 0.573 e. The predicted molar refractivity (Wildman–Crippen MR) is 118 cm³/mol. The van der Waals surface area contributed by atoms with Gasteiger partial charge < -0.3 is 20.1 Å². The molecule has 1 aliphatic heterocycles. The zero-order valence-corrected chi connectivity index (χ0v) is 19.1. The minimum atomic E-state index is -4.67. The Labute approximate surface area is 187 Å². The molecular formula is C19H30F3IN4O2. The molecule has 1 atom stereocenters. The standard InChI is InChI=1S/C19H29F3N4O2.HI/c1-3-23-18(25-14-15(2)26-10-12-27-13-11-26)24-9-8-16-4-6-17(7-5-16)28-19(20,21)22;/h4-7,15H,3,8-14H2,1-2H3,(H2,23,24,25);1H. The van der Waals surface area contributed by atoms with Gasteiger partial charge in [-0.15, -0.1) is 37.1 Å². The van der Waals surface area contributed by atoms with Crippen LogP contribution in [0.25, 0.3) is 0 Å². The molecule has 1 fully saturated rings. The van der Waals surface area contributed by atoms with E-state index in [2.05, 4.69) is 32.2 Å². The van der Waals surface area contributed by atoms with Gasteiger partial charge in [0, 0.05) is 32.2 Å². The maximum absolute atomic E-state index is 12.2. The van der Waals surface area contributed by atoms with Crippen LogP contribution >= 0.6 is 24.0 Å². The lowest BCUT2D eigenvalue weighted by atomic mass is 10.1. The Balaban J connectivity index is 0.00000420. The second-order valence-corrected chi connectivity index (χ2v) is 6.59. The van der Waals surface area contributed by atoms with Crippen LogP contribution in [0.4, 0.5) is 13.2 Å². The van der Waals surface area contributed by atoms with Crippen molar-refractivity contribution in [1.29, 1.82) is 0 Å². The lowest BCUT2D eigenvalue weighted by Crippen LogP contribution is -2.44. The first kappa shape index (κ1) is 25.8. The number of guanidine groups is 1. The topological polar surface area (TPSA) is 58.1 Å². The molecule has 1 heterocycles. The zero-order valence-electron chi connectivity index (χ0n) is 16.8. The van der Waals surface area contributed by atoms with Gasteiger partial charge in [0.1, 0.15) is 5.75 Å². The van der Waals surface area contributed by atoms with Crippen LogP contribution < -0.4 is 15.4 Å². The van der Waals surface area contributed by atoms with Crippen LogP contribution in [-0.4, -0.2) is 69.2 Å². The molecule has 1 saturated heterocycles. The smallest absolute Gasteiger partial charge is 0.406 e. The van der Waals surface area contributed by atoms with Crippen LogP contribution in [-0.2, 0) is 11.2 Å². The van der Waals surface area contributed by atoms with Gasteiger partial charge in [0.25, 0.3) is 0 Å². The fourth-order valence-corrected chi connectivity index (χ4v) is 2.88. The molecule has 1 aromatic rings. The van der Waals surface area contributed by atoms with E-state index in [9.17, 15) is 13.2 Å². The van der Waals surface area contributed by atoms with Gasteiger partial charge >= 0.3 is 6.36 Å². The van der Waals surface area contributed by atoms with Crippen molar-refractivity contribution >= 4 is 29.9 Å². The normalized spacial score (nSPS) is 16.7. The van der Waals surface area contributed by atoms with Crippen molar-refractivity contribution in [3.05, 3.63) is 29.8 Å². The Bertz CT molecular complexity index is 608. The first-order chi connectivity index (χ1) is 13.4. The summed E-state index contributed by atoms with van der Waals surface area (Å²) in [5.74, 6) is 0.524. The van der Waals surface area contributed by atoms with E-state index in [1.54, 1.807) is 12.1 Å². The van der Waals surface area contributed by atoms with Gasteiger partial charge in [0.2, 0.25) is 0 Å². The fraction of sp³-hybridized carbons (Fsp3) is 0.632. The first-order valence-corrected chi connectivity index (χ1v) is 9.56. The number of aliphatic imine (C=N–C) groups is 1. The molecule has 10 heteroatoms. The van der Waals surface area contributed by atoms with Crippen molar-refractivity contribution in [2.75, 3.05) is 45.9 Å². The van der Waals surface area contributed by atoms with E-state index in [1.165, 1.54) is 12.1 Å². The number of hydrogen-bond donors (Lipinski definition) is 2. The fourth-order valence-electron chi connectivity index (χ4n) is 2.88.